The van der Waals surface area contributed by atoms with Crippen molar-refractivity contribution >= 4 is 11.7 Å². The first kappa shape index (κ1) is 15.2. The van der Waals surface area contributed by atoms with Crippen LogP contribution in [0.3, 0.4) is 0 Å². The van der Waals surface area contributed by atoms with Crippen LogP contribution in [0.15, 0.2) is 18.2 Å². The molecule has 21 heavy (non-hydrogen) atoms. The summed E-state index contributed by atoms with van der Waals surface area (Å²) in [7, 11) is 0. The monoisotopic (exact) mass is 295 g/mol. The van der Waals surface area contributed by atoms with Gasteiger partial charge in [0.1, 0.15) is 17.9 Å². The van der Waals surface area contributed by atoms with Crippen LogP contribution in [0.2, 0.25) is 0 Å². The Hall–Kier alpha value is -2.15. The fraction of sp³-hybridized carbons (Fsp3) is 0.500. The molecule has 0 saturated heterocycles. The summed E-state index contributed by atoms with van der Waals surface area (Å²) in [6, 6.07) is 3.56. The van der Waals surface area contributed by atoms with Gasteiger partial charge in [-0.1, -0.05) is 19.3 Å². The molecule has 114 valence electrons. The Balaban J connectivity index is 2.12. The Morgan fingerprint density at radius 1 is 1.33 bits per heavy atom. The summed E-state index contributed by atoms with van der Waals surface area (Å²) in [4.78, 5) is 21.0. The van der Waals surface area contributed by atoms with Crippen LogP contribution in [-0.4, -0.2) is 33.3 Å². The predicted octanol–water partition coefficient (Wildman–Crippen LogP) is 2.37. The average molecular weight is 295 g/mol. The van der Waals surface area contributed by atoms with E-state index in [9.17, 15) is 20.0 Å². The molecule has 0 unspecified atom stereocenters. The van der Waals surface area contributed by atoms with Gasteiger partial charge in [0.15, 0.2) is 0 Å². The largest absolute Gasteiger partial charge is 0.491 e. The van der Waals surface area contributed by atoms with Gasteiger partial charge in [-0.3, -0.25) is 10.1 Å². The smallest absolute Gasteiger partial charge is 0.342 e. The number of carboxylic acid groups (broad SMARTS) is 1. The Labute approximate surface area is 121 Å². The summed E-state index contributed by atoms with van der Waals surface area (Å²) in [5.74, 6) is -1.18. The van der Waals surface area contributed by atoms with E-state index in [-0.39, 0.29) is 12.4 Å². The van der Waals surface area contributed by atoms with Crippen molar-refractivity contribution in [3.05, 3.63) is 33.9 Å². The van der Waals surface area contributed by atoms with E-state index in [0.717, 1.165) is 31.4 Å². The van der Waals surface area contributed by atoms with Gasteiger partial charge in [0.2, 0.25) is 0 Å². The van der Waals surface area contributed by atoms with Crippen molar-refractivity contribution in [2.45, 2.75) is 37.7 Å². The van der Waals surface area contributed by atoms with E-state index in [1.165, 1.54) is 6.07 Å². The number of hydrogen-bond acceptors (Lipinski definition) is 5. The summed E-state index contributed by atoms with van der Waals surface area (Å²) in [5, 5.41) is 30.1. The van der Waals surface area contributed by atoms with Gasteiger partial charge in [-0.2, -0.15) is 0 Å². The maximum Gasteiger partial charge on any atom is 0.342 e. The van der Waals surface area contributed by atoms with Gasteiger partial charge in [-0.05, 0) is 18.9 Å². The molecule has 0 atom stereocenters. The second-order valence-electron chi connectivity index (χ2n) is 5.31. The van der Waals surface area contributed by atoms with E-state index in [4.69, 9.17) is 9.84 Å². The molecule has 2 rings (SSSR count). The highest BCUT2D eigenvalue weighted by molar-refractivity contribution is 5.92. The maximum atomic E-state index is 11.0. The minimum atomic E-state index is -1.39. The summed E-state index contributed by atoms with van der Waals surface area (Å²) in [5.41, 5.74) is -1.80. The van der Waals surface area contributed by atoms with Crippen molar-refractivity contribution in [3.63, 3.8) is 0 Å². The maximum absolute atomic E-state index is 11.0. The van der Waals surface area contributed by atoms with Gasteiger partial charge < -0.3 is 14.9 Å². The predicted molar refractivity (Wildman–Crippen MR) is 73.6 cm³/mol. The van der Waals surface area contributed by atoms with E-state index in [0.29, 0.717) is 12.8 Å². The van der Waals surface area contributed by atoms with Crippen molar-refractivity contribution in [1.29, 1.82) is 0 Å². The number of rotatable bonds is 5. The second-order valence-corrected chi connectivity index (χ2v) is 5.31. The van der Waals surface area contributed by atoms with Crippen molar-refractivity contribution < 1.29 is 24.7 Å². The van der Waals surface area contributed by atoms with E-state index in [1.54, 1.807) is 0 Å². The number of nitrogens with zero attached hydrogens (tertiary/aromatic N) is 1. The van der Waals surface area contributed by atoms with Crippen LogP contribution in [0.1, 0.15) is 42.5 Å². The van der Waals surface area contributed by atoms with Crippen LogP contribution in [0.4, 0.5) is 5.69 Å². The van der Waals surface area contributed by atoms with Gasteiger partial charge >= 0.3 is 5.97 Å². The molecule has 7 heteroatoms. The third kappa shape index (κ3) is 3.69. The Morgan fingerprint density at radius 3 is 2.57 bits per heavy atom. The van der Waals surface area contributed by atoms with Gasteiger partial charge in [0, 0.05) is 12.1 Å². The van der Waals surface area contributed by atoms with Crippen molar-refractivity contribution in [2.24, 2.45) is 0 Å². The van der Waals surface area contributed by atoms with Crippen LogP contribution < -0.4 is 4.74 Å². The number of aromatic carboxylic acids is 1. The molecule has 1 aliphatic rings. The number of ether oxygens (including phenoxy) is 1. The lowest BCUT2D eigenvalue weighted by Gasteiger charge is -2.31. The highest BCUT2D eigenvalue weighted by Gasteiger charge is 2.30. The number of carbonyl (C=O) groups is 1. The molecular weight excluding hydrogens is 278 g/mol. The lowest BCUT2D eigenvalue weighted by atomic mass is 9.85. The molecule has 1 aliphatic carbocycles. The lowest BCUT2D eigenvalue weighted by molar-refractivity contribution is -0.385. The minimum Gasteiger partial charge on any atom is -0.491 e. The number of aliphatic hydroxyl groups is 1. The van der Waals surface area contributed by atoms with Gasteiger partial charge in [-0.15, -0.1) is 0 Å². The van der Waals surface area contributed by atoms with Gasteiger partial charge in [0.25, 0.3) is 5.69 Å². The van der Waals surface area contributed by atoms with Crippen LogP contribution in [0.5, 0.6) is 5.75 Å². The van der Waals surface area contributed by atoms with Crippen LogP contribution >= 0.6 is 0 Å². The van der Waals surface area contributed by atoms with Crippen molar-refractivity contribution in [3.8, 4) is 5.75 Å². The molecule has 0 heterocycles. The molecule has 1 saturated carbocycles. The third-order valence-electron chi connectivity index (χ3n) is 3.69. The summed E-state index contributed by atoms with van der Waals surface area (Å²) in [6.07, 6.45) is 4.24. The van der Waals surface area contributed by atoms with Crippen LogP contribution in [0.25, 0.3) is 0 Å². The van der Waals surface area contributed by atoms with E-state index in [1.807, 2.05) is 0 Å². The summed E-state index contributed by atoms with van der Waals surface area (Å²) < 4.78 is 5.44. The number of nitro benzene ring substituents is 1. The molecular formula is C14H17NO6. The molecule has 0 aliphatic heterocycles. The number of nitro groups is 1. The van der Waals surface area contributed by atoms with Crippen molar-refractivity contribution in [1.82, 2.24) is 0 Å². The SMILES string of the molecule is O=C(O)c1cc(OCC2(O)CCCCC2)ccc1[N+](=O)[O-]. The Morgan fingerprint density at radius 2 is 2.00 bits per heavy atom. The molecule has 1 aromatic carbocycles. The Kier molecular flexibility index (Phi) is 4.42. The van der Waals surface area contributed by atoms with Crippen LogP contribution in [0, 0.1) is 10.1 Å². The standard InChI is InChI=1S/C14H17NO6/c16-13(17)11-8-10(4-5-12(11)15(19)20)21-9-14(18)6-2-1-3-7-14/h4-5,8,18H,1-3,6-7,9H2,(H,16,17). The first-order valence-corrected chi connectivity index (χ1v) is 6.78. The first-order chi connectivity index (χ1) is 9.91. The first-order valence-electron chi connectivity index (χ1n) is 6.78. The topological polar surface area (TPSA) is 110 Å². The number of hydrogen-bond donors (Lipinski definition) is 2. The molecule has 0 amide bonds. The number of benzene rings is 1. The molecule has 2 N–H and O–H groups in total. The number of carboxylic acids is 1. The van der Waals surface area contributed by atoms with Crippen molar-refractivity contribution in [2.75, 3.05) is 6.61 Å². The van der Waals surface area contributed by atoms with Crippen LogP contribution in [-0.2, 0) is 0 Å². The zero-order chi connectivity index (χ0) is 15.5. The highest BCUT2D eigenvalue weighted by atomic mass is 16.6. The van der Waals surface area contributed by atoms with Gasteiger partial charge in [0.05, 0.1) is 10.5 Å². The van der Waals surface area contributed by atoms with E-state index < -0.39 is 27.7 Å². The fourth-order valence-electron chi connectivity index (χ4n) is 2.51. The molecule has 1 aromatic rings. The third-order valence-corrected chi connectivity index (χ3v) is 3.69. The molecule has 1 fully saturated rings. The molecule has 0 aromatic heterocycles. The molecule has 0 spiro atoms. The normalized spacial score (nSPS) is 17.2. The quantitative estimate of drug-likeness (QED) is 0.637. The molecule has 7 nitrogen and oxygen atoms in total. The molecule has 0 bridgehead atoms. The van der Waals surface area contributed by atoms with E-state index in [2.05, 4.69) is 0 Å². The second kappa shape index (κ2) is 6.09. The van der Waals surface area contributed by atoms with Gasteiger partial charge in [-0.25, -0.2) is 4.79 Å². The summed E-state index contributed by atoms with van der Waals surface area (Å²) in [6.45, 7) is 0.0594. The minimum absolute atomic E-state index is 0.0594. The zero-order valence-electron chi connectivity index (χ0n) is 11.4. The highest BCUT2D eigenvalue weighted by Crippen LogP contribution is 2.30. The average Bonchev–Trinajstić information content (AvgIpc) is 2.45. The lowest BCUT2D eigenvalue weighted by Crippen LogP contribution is -2.37. The molecule has 0 radical (unpaired) electrons. The Bertz CT molecular complexity index is 550. The summed E-state index contributed by atoms with van der Waals surface area (Å²) >= 11 is 0. The van der Waals surface area contributed by atoms with E-state index >= 15 is 0 Å². The fourth-order valence-corrected chi connectivity index (χ4v) is 2.51. The zero-order valence-corrected chi connectivity index (χ0v) is 11.4.